The van der Waals surface area contributed by atoms with E-state index in [0.29, 0.717) is 0 Å². The molecule has 1 rings (SSSR count). The van der Waals surface area contributed by atoms with Crippen molar-refractivity contribution in [1.82, 2.24) is 0 Å². The number of rotatable bonds is 4. The smallest absolute Gasteiger partial charge is 0.235 e. The first-order chi connectivity index (χ1) is 7.60. The third kappa shape index (κ3) is 2.71. The van der Waals surface area contributed by atoms with Gasteiger partial charge in [-0.3, -0.25) is 0 Å². The Morgan fingerprint density at radius 1 is 1.38 bits per heavy atom. The number of benzene rings is 1. The van der Waals surface area contributed by atoms with E-state index in [2.05, 4.69) is 4.99 Å². The minimum atomic E-state index is -0.188. The number of aliphatic imine (C=N–C) groups is 1. The summed E-state index contributed by atoms with van der Waals surface area (Å²) < 4.78 is 5.29. The van der Waals surface area contributed by atoms with Crippen LogP contribution in [0.1, 0.15) is 31.0 Å². The average Bonchev–Trinajstić information content (AvgIpc) is 2.25. The van der Waals surface area contributed by atoms with Crippen LogP contribution in [-0.2, 0) is 4.79 Å². The molecule has 3 heteroatoms. The highest BCUT2D eigenvalue weighted by molar-refractivity contribution is 5.42. The normalized spacial score (nSPS) is 12.1. The van der Waals surface area contributed by atoms with Gasteiger partial charge in [-0.25, -0.2) is 4.79 Å². The highest BCUT2D eigenvalue weighted by Gasteiger charge is 2.19. The molecule has 0 radical (unpaired) electrons. The van der Waals surface area contributed by atoms with Crippen LogP contribution < -0.4 is 4.74 Å². The van der Waals surface area contributed by atoms with Gasteiger partial charge in [-0.2, -0.15) is 4.99 Å². The van der Waals surface area contributed by atoms with Crippen LogP contribution in [0.15, 0.2) is 23.2 Å². The van der Waals surface area contributed by atoms with Crippen molar-refractivity contribution >= 4 is 6.08 Å². The highest BCUT2D eigenvalue weighted by atomic mass is 16.5. The van der Waals surface area contributed by atoms with E-state index in [9.17, 15) is 4.79 Å². The molecule has 1 unspecified atom stereocenters. The number of hydrogen-bond donors (Lipinski definition) is 0. The van der Waals surface area contributed by atoms with Gasteiger partial charge in [0.15, 0.2) is 0 Å². The molecule has 1 aromatic rings. The Morgan fingerprint density at radius 2 is 2.06 bits per heavy atom. The lowest BCUT2D eigenvalue weighted by atomic mass is 9.94. The van der Waals surface area contributed by atoms with Crippen molar-refractivity contribution in [3.63, 3.8) is 0 Å². The second-order valence-electron chi connectivity index (χ2n) is 4.15. The summed E-state index contributed by atoms with van der Waals surface area (Å²) in [5.74, 6) is 1.00. The summed E-state index contributed by atoms with van der Waals surface area (Å²) in [6, 6.07) is 5.70. The third-order valence-corrected chi connectivity index (χ3v) is 2.53. The Bertz CT molecular complexity index is 406. The van der Waals surface area contributed by atoms with Gasteiger partial charge in [-0.05, 0) is 18.9 Å². The fourth-order valence-electron chi connectivity index (χ4n) is 1.72. The minimum Gasteiger partial charge on any atom is -0.496 e. The first-order valence-corrected chi connectivity index (χ1v) is 5.31. The zero-order valence-electron chi connectivity index (χ0n) is 10.2. The van der Waals surface area contributed by atoms with Crippen molar-refractivity contribution in [3.05, 3.63) is 29.3 Å². The molecule has 0 saturated carbocycles. The zero-order chi connectivity index (χ0) is 12.1. The molecule has 0 N–H and O–H groups in total. The van der Waals surface area contributed by atoms with E-state index in [1.807, 2.05) is 39.0 Å². The molecule has 86 valence electrons. The van der Waals surface area contributed by atoms with E-state index < -0.39 is 0 Å². The molecule has 16 heavy (non-hydrogen) atoms. The van der Waals surface area contributed by atoms with E-state index >= 15 is 0 Å². The van der Waals surface area contributed by atoms with Crippen molar-refractivity contribution in [1.29, 1.82) is 0 Å². The van der Waals surface area contributed by atoms with Crippen LogP contribution in [0, 0.1) is 12.8 Å². The van der Waals surface area contributed by atoms with E-state index in [1.54, 1.807) is 13.2 Å². The number of isocyanates is 1. The average molecular weight is 219 g/mol. The SMILES string of the molecule is COc1ccc(C)cc1C(N=C=O)C(C)C. The second kappa shape index (κ2) is 5.47. The van der Waals surface area contributed by atoms with Crippen molar-refractivity contribution in [2.24, 2.45) is 10.9 Å². The molecular formula is C13H17NO2. The highest BCUT2D eigenvalue weighted by Crippen LogP contribution is 2.33. The molecule has 0 aliphatic heterocycles. The summed E-state index contributed by atoms with van der Waals surface area (Å²) in [4.78, 5) is 14.3. The predicted octanol–water partition coefficient (Wildman–Crippen LogP) is 3.04. The standard InChI is InChI=1S/C13H17NO2/c1-9(2)13(14-8-15)11-7-10(3)5-6-12(11)16-4/h5-7,9,13H,1-4H3. The van der Waals surface area contributed by atoms with Crippen molar-refractivity contribution in [2.45, 2.75) is 26.8 Å². The molecule has 0 bridgehead atoms. The van der Waals surface area contributed by atoms with E-state index in [4.69, 9.17) is 4.74 Å². The molecule has 0 aliphatic rings. The number of methoxy groups -OCH3 is 1. The molecule has 0 aromatic heterocycles. The number of nitrogens with zero attached hydrogens (tertiary/aromatic N) is 1. The minimum absolute atomic E-state index is 0.188. The van der Waals surface area contributed by atoms with Crippen molar-refractivity contribution < 1.29 is 9.53 Å². The van der Waals surface area contributed by atoms with E-state index in [1.165, 1.54) is 0 Å². The molecule has 0 amide bonds. The summed E-state index contributed by atoms with van der Waals surface area (Å²) >= 11 is 0. The van der Waals surface area contributed by atoms with Crippen LogP contribution in [-0.4, -0.2) is 13.2 Å². The molecular weight excluding hydrogens is 202 g/mol. The summed E-state index contributed by atoms with van der Waals surface area (Å²) in [6.45, 7) is 6.05. The molecule has 0 saturated heterocycles. The summed E-state index contributed by atoms with van der Waals surface area (Å²) in [7, 11) is 1.62. The monoisotopic (exact) mass is 219 g/mol. The number of hydrogen-bond acceptors (Lipinski definition) is 3. The Hall–Kier alpha value is -1.60. The van der Waals surface area contributed by atoms with Gasteiger partial charge in [0.1, 0.15) is 5.75 Å². The lowest BCUT2D eigenvalue weighted by Gasteiger charge is -2.18. The van der Waals surface area contributed by atoms with Gasteiger partial charge in [0, 0.05) is 5.56 Å². The second-order valence-corrected chi connectivity index (χ2v) is 4.15. The molecule has 0 fully saturated rings. The van der Waals surface area contributed by atoms with Crippen LogP contribution in [0.4, 0.5) is 0 Å². The zero-order valence-corrected chi connectivity index (χ0v) is 10.2. The van der Waals surface area contributed by atoms with Gasteiger partial charge in [0.25, 0.3) is 0 Å². The molecule has 0 heterocycles. The van der Waals surface area contributed by atoms with Crippen LogP contribution in [0.25, 0.3) is 0 Å². The summed E-state index contributed by atoms with van der Waals surface area (Å²) in [6.07, 6.45) is 1.64. The maximum absolute atomic E-state index is 10.4. The van der Waals surface area contributed by atoms with E-state index in [-0.39, 0.29) is 12.0 Å². The molecule has 3 nitrogen and oxygen atoms in total. The molecule has 1 atom stereocenters. The Kier molecular flexibility index (Phi) is 4.27. The van der Waals surface area contributed by atoms with Gasteiger partial charge in [0.05, 0.1) is 13.2 Å². The fourth-order valence-corrected chi connectivity index (χ4v) is 1.72. The topological polar surface area (TPSA) is 38.7 Å². The number of carbonyl (C=O) groups excluding carboxylic acids is 1. The van der Waals surface area contributed by atoms with Crippen LogP contribution in [0.3, 0.4) is 0 Å². The number of ether oxygens (including phenoxy) is 1. The van der Waals surface area contributed by atoms with Gasteiger partial charge >= 0.3 is 0 Å². The third-order valence-electron chi connectivity index (χ3n) is 2.53. The molecule has 0 spiro atoms. The maximum atomic E-state index is 10.4. The van der Waals surface area contributed by atoms with Crippen molar-refractivity contribution in [3.8, 4) is 5.75 Å². The maximum Gasteiger partial charge on any atom is 0.235 e. The van der Waals surface area contributed by atoms with Gasteiger partial charge in [-0.1, -0.05) is 31.5 Å². The lowest BCUT2D eigenvalue weighted by Crippen LogP contribution is -2.06. The Balaban J connectivity index is 3.26. The van der Waals surface area contributed by atoms with Crippen LogP contribution in [0.2, 0.25) is 0 Å². The van der Waals surface area contributed by atoms with Crippen molar-refractivity contribution in [2.75, 3.05) is 7.11 Å². The number of aryl methyl sites for hydroxylation is 1. The van der Waals surface area contributed by atoms with Crippen LogP contribution in [0.5, 0.6) is 5.75 Å². The van der Waals surface area contributed by atoms with Gasteiger partial charge < -0.3 is 4.74 Å². The quantitative estimate of drug-likeness (QED) is 0.576. The summed E-state index contributed by atoms with van der Waals surface area (Å²) in [5.41, 5.74) is 2.07. The van der Waals surface area contributed by atoms with Crippen LogP contribution >= 0.6 is 0 Å². The Morgan fingerprint density at radius 3 is 2.56 bits per heavy atom. The molecule has 0 aliphatic carbocycles. The largest absolute Gasteiger partial charge is 0.496 e. The fraction of sp³-hybridized carbons (Fsp3) is 0.462. The van der Waals surface area contributed by atoms with E-state index in [0.717, 1.165) is 16.9 Å². The summed E-state index contributed by atoms with van der Waals surface area (Å²) in [5, 5.41) is 0. The van der Waals surface area contributed by atoms with Gasteiger partial charge in [0.2, 0.25) is 6.08 Å². The molecule has 1 aromatic carbocycles. The van der Waals surface area contributed by atoms with Gasteiger partial charge in [-0.15, -0.1) is 0 Å². The first-order valence-electron chi connectivity index (χ1n) is 5.31. The Labute approximate surface area is 96.2 Å². The first kappa shape index (κ1) is 12.5. The predicted molar refractivity (Wildman–Crippen MR) is 63.4 cm³/mol. The lowest BCUT2D eigenvalue weighted by molar-refractivity contribution is 0.396.